The first-order valence-corrected chi connectivity index (χ1v) is 9.88. The van der Waals surface area contributed by atoms with Crippen molar-refractivity contribution in [1.29, 1.82) is 0 Å². The number of carbonyl (C=O) groups is 2. The van der Waals surface area contributed by atoms with Crippen LogP contribution in [0.25, 0.3) is 0 Å². The third-order valence-corrected chi connectivity index (χ3v) is 5.37. The molecule has 1 fully saturated rings. The van der Waals surface area contributed by atoms with Gasteiger partial charge in [0.25, 0.3) is 0 Å². The van der Waals surface area contributed by atoms with Crippen molar-refractivity contribution in [3.05, 3.63) is 42.2 Å². The number of nitrogens with zero attached hydrogens (tertiary/aromatic N) is 6. The van der Waals surface area contributed by atoms with Crippen LogP contribution in [0.2, 0.25) is 0 Å². The van der Waals surface area contributed by atoms with Crippen molar-refractivity contribution < 1.29 is 9.59 Å². The largest absolute Gasteiger partial charge is 0.343 e. The van der Waals surface area contributed by atoms with E-state index in [1.54, 1.807) is 9.58 Å². The summed E-state index contributed by atoms with van der Waals surface area (Å²) in [5, 5.41) is 10.9. The Morgan fingerprint density at radius 3 is 2.57 bits per heavy atom. The van der Waals surface area contributed by atoms with E-state index < -0.39 is 0 Å². The van der Waals surface area contributed by atoms with E-state index in [1.165, 1.54) is 6.33 Å². The Morgan fingerprint density at radius 1 is 1.14 bits per heavy atom. The maximum absolute atomic E-state index is 12.4. The van der Waals surface area contributed by atoms with E-state index in [0.717, 1.165) is 37.9 Å². The number of amides is 2. The van der Waals surface area contributed by atoms with E-state index in [-0.39, 0.29) is 11.8 Å². The molecule has 1 aromatic carbocycles. The normalized spacial score (nSPS) is 14.8. The molecule has 0 saturated carbocycles. The molecule has 150 valence electrons. The summed E-state index contributed by atoms with van der Waals surface area (Å²) in [5.74, 6) is 0.842. The van der Waals surface area contributed by atoms with Crippen molar-refractivity contribution >= 4 is 11.8 Å². The lowest BCUT2D eigenvalue weighted by molar-refractivity contribution is -0.134. The first kappa shape index (κ1) is 20.0. The molecule has 2 heterocycles. The predicted molar refractivity (Wildman–Crippen MR) is 104 cm³/mol. The van der Waals surface area contributed by atoms with Gasteiger partial charge < -0.3 is 9.80 Å². The zero-order valence-electron chi connectivity index (χ0n) is 16.4. The summed E-state index contributed by atoms with van der Waals surface area (Å²) in [6.07, 6.45) is 5.33. The SMILES string of the molecule is CN(Cc1ccccc1)C(=O)CCC1CCN(C(=O)CCn2cnnn2)CC1. The van der Waals surface area contributed by atoms with E-state index in [1.807, 2.05) is 42.3 Å². The molecular formula is C20H28N6O2. The second-order valence-corrected chi connectivity index (χ2v) is 7.42. The van der Waals surface area contributed by atoms with Crippen molar-refractivity contribution in [2.75, 3.05) is 20.1 Å². The Bertz CT molecular complexity index is 741. The van der Waals surface area contributed by atoms with Gasteiger partial charge in [-0.05, 0) is 41.2 Å². The summed E-state index contributed by atoms with van der Waals surface area (Å²) in [4.78, 5) is 28.4. The summed E-state index contributed by atoms with van der Waals surface area (Å²) >= 11 is 0. The third-order valence-electron chi connectivity index (χ3n) is 5.37. The van der Waals surface area contributed by atoms with Gasteiger partial charge in [-0.1, -0.05) is 30.3 Å². The van der Waals surface area contributed by atoms with Crippen LogP contribution in [0.15, 0.2) is 36.7 Å². The van der Waals surface area contributed by atoms with Crippen LogP contribution in [-0.4, -0.2) is 62.0 Å². The molecule has 1 aromatic heterocycles. The van der Waals surface area contributed by atoms with Gasteiger partial charge in [-0.15, -0.1) is 5.10 Å². The number of piperidine rings is 1. The molecule has 0 N–H and O–H groups in total. The molecule has 8 heteroatoms. The molecule has 0 bridgehead atoms. The number of hydrogen-bond acceptors (Lipinski definition) is 5. The van der Waals surface area contributed by atoms with Crippen molar-refractivity contribution in [3.63, 3.8) is 0 Å². The van der Waals surface area contributed by atoms with Crippen molar-refractivity contribution in [2.45, 2.75) is 45.2 Å². The fraction of sp³-hybridized carbons (Fsp3) is 0.550. The molecule has 1 aliphatic rings. The van der Waals surface area contributed by atoms with E-state index in [9.17, 15) is 9.59 Å². The highest BCUT2D eigenvalue weighted by molar-refractivity contribution is 5.76. The van der Waals surface area contributed by atoms with Gasteiger partial charge in [0, 0.05) is 39.5 Å². The van der Waals surface area contributed by atoms with Crippen LogP contribution >= 0.6 is 0 Å². The molecule has 3 rings (SSSR count). The molecule has 0 radical (unpaired) electrons. The van der Waals surface area contributed by atoms with Crippen molar-refractivity contribution in [1.82, 2.24) is 30.0 Å². The van der Waals surface area contributed by atoms with Crippen LogP contribution in [0.4, 0.5) is 0 Å². The summed E-state index contributed by atoms with van der Waals surface area (Å²) in [7, 11) is 1.86. The fourth-order valence-corrected chi connectivity index (χ4v) is 3.59. The second kappa shape index (κ2) is 9.96. The number of rotatable bonds is 8. The minimum absolute atomic E-state index is 0.146. The van der Waals surface area contributed by atoms with E-state index in [2.05, 4.69) is 15.5 Å². The Balaban J connectivity index is 1.33. The first-order chi connectivity index (χ1) is 13.6. The number of aryl methyl sites for hydroxylation is 1. The highest BCUT2D eigenvalue weighted by Crippen LogP contribution is 2.23. The van der Waals surface area contributed by atoms with Crippen LogP contribution in [0, 0.1) is 5.92 Å². The topological polar surface area (TPSA) is 84.2 Å². The smallest absolute Gasteiger partial charge is 0.224 e. The predicted octanol–water partition coefficient (Wildman–Crippen LogP) is 1.74. The number of likely N-dealkylation sites (tertiary alicyclic amines) is 1. The Morgan fingerprint density at radius 2 is 1.89 bits per heavy atom. The molecule has 2 amide bonds. The Hall–Kier alpha value is -2.77. The molecule has 0 aliphatic carbocycles. The highest BCUT2D eigenvalue weighted by Gasteiger charge is 2.23. The molecule has 1 aliphatic heterocycles. The molecular weight excluding hydrogens is 356 g/mol. The lowest BCUT2D eigenvalue weighted by atomic mass is 9.92. The molecule has 8 nitrogen and oxygen atoms in total. The standard InChI is InChI=1S/C20H28N6O2/c1-24(15-18-5-3-2-4-6-18)19(27)8-7-17-9-12-25(13-10-17)20(28)11-14-26-16-21-22-23-26/h2-6,16-17H,7-15H2,1H3. The Labute approximate surface area is 165 Å². The number of benzene rings is 1. The molecule has 0 atom stereocenters. The van der Waals surface area contributed by atoms with Gasteiger partial charge in [-0.2, -0.15) is 0 Å². The highest BCUT2D eigenvalue weighted by atomic mass is 16.2. The van der Waals surface area contributed by atoms with Crippen LogP contribution in [-0.2, 0) is 22.7 Å². The van der Waals surface area contributed by atoms with E-state index >= 15 is 0 Å². The number of carbonyl (C=O) groups excluding carboxylic acids is 2. The van der Waals surface area contributed by atoms with Gasteiger partial charge in [-0.25, -0.2) is 4.68 Å². The summed E-state index contributed by atoms with van der Waals surface area (Å²) in [5.41, 5.74) is 1.15. The summed E-state index contributed by atoms with van der Waals surface area (Å²) < 4.78 is 1.57. The van der Waals surface area contributed by atoms with Crippen LogP contribution in [0.5, 0.6) is 0 Å². The minimum Gasteiger partial charge on any atom is -0.343 e. The van der Waals surface area contributed by atoms with Crippen molar-refractivity contribution in [3.8, 4) is 0 Å². The molecule has 2 aromatic rings. The zero-order valence-corrected chi connectivity index (χ0v) is 16.4. The summed E-state index contributed by atoms with van der Waals surface area (Å²) in [6, 6.07) is 10.0. The zero-order chi connectivity index (χ0) is 19.8. The number of tetrazole rings is 1. The van der Waals surface area contributed by atoms with Gasteiger partial charge in [0.2, 0.25) is 11.8 Å². The van der Waals surface area contributed by atoms with Crippen molar-refractivity contribution in [2.24, 2.45) is 5.92 Å². The quantitative estimate of drug-likeness (QED) is 0.692. The lowest BCUT2D eigenvalue weighted by Gasteiger charge is -2.32. The molecule has 28 heavy (non-hydrogen) atoms. The van der Waals surface area contributed by atoms with Crippen LogP contribution < -0.4 is 0 Å². The van der Waals surface area contributed by atoms with Crippen LogP contribution in [0.3, 0.4) is 0 Å². The van der Waals surface area contributed by atoms with Gasteiger partial charge in [0.15, 0.2) is 0 Å². The maximum Gasteiger partial charge on any atom is 0.224 e. The number of hydrogen-bond donors (Lipinski definition) is 0. The van der Waals surface area contributed by atoms with Gasteiger partial charge in [0.1, 0.15) is 6.33 Å². The fourth-order valence-electron chi connectivity index (χ4n) is 3.59. The summed E-state index contributed by atoms with van der Waals surface area (Å²) in [6.45, 7) is 2.70. The number of aromatic nitrogens is 4. The molecule has 0 spiro atoms. The molecule has 1 saturated heterocycles. The molecule has 0 unspecified atom stereocenters. The van der Waals surface area contributed by atoms with E-state index in [0.29, 0.717) is 31.8 Å². The third kappa shape index (κ3) is 5.87. The average Bonchev–Trinajstić information content (AvgIpc) is 3.25. The maximum atomic E-state index is 12.4. The lowest BCUT2D eigenvalue weighted by Crippen LogP contribution is -2.39. The minimum atomic E-state index is 0.146. The van der Waals surface area contributed by atoms with Gasteiger partial charge >= 0.3 is 0 Å². The monoisotopic (exact) mass is 384 g/mol. The Kier molecular flexibility index (Phi) is 7.11. The van der Waals surface area contributed by atoms with Crippen LogP contribution in [0.1, 0.15) is 37.7 Å². The van der Waals surface area contributed by atoms with Gasteiger partial charge in [0.05, 0.1) is 6.54 Å². The van der Waals surface area contributed by atoms with Gasteiger partial charge in [-0.3, -0.25) is 9.59 Å². The average molecular weight is 384 g/mol. The van der Waals surface area contributed by atoms with E-state index in [4.69, 9.17) is 0 Å². The first-order valence-electron chi connectivity index (χ1n) is 9.88. The second-order valence-electron chi connectivity index (χ2n) is 7.42.